The standard InChI is InChI=1S/C33H32F4N4O2S/c1-22-29-19-39-41(28-13-11-26(34)12-14-28)31(29)18-23-9-10-24(32(22)23)20-40(17-15-27-7-4-5-16-38-27)44(42,43)21-25-6-2-3-8-30(25)33(35,36)37/h2-8,11-14,16,19,22,24H,9-10,15,17-18,20-21H2,1H3/t22-,24+/m0/s1. The molecule has 4 aromatic rings. The lowest BCUT2D eigenvalue weighted by atomic mass is 9.80. The van der Waals surface area contributed by atoms with Crippen LogP contribution in [-0.4, -0.2) is 40.6 Å². The van der Waals surface area contributed by atoms with Gasteiger partial charge >= 0.3 is 6.18 Å². The number of nitrogens with zero attached hydrogens (tertiary/aromatic N) is 4. The average molecular weight is 625 g/mol. The summed E-state index contributed by atoms with van der Waals surface area (Å²) in [5.74, 6) is -1.16. The zero-order chi connectivity index (χ0) is 31.1. The van der Waals surface area contributed by atoms with E-state index in [9.17, 15) is 26.0 Å². The Labute approximate surface area is 254 Å². The minimum absolute atomic E-state index is 0.0123. The van der Waals surface area contributed by atoms with Crippen molar-refractivity contribution in [3.05, 3.63) is 124 Å². The van der Waals surface area contributed by atoms with Gasteiger partial charge in [-0.05, 0) is 66.8 Å². The molecule has 6 nitrogen and oxygen atoms in total. The van der Waals surface area contributed by atoms with E-state index >= 15 is 0 Å². The molecule has 2 aromatic heterocycles. The lowest BCUT2D eigenvalue weighted by molar-refractivity contribution is -0.138. The molecule has 0 aliphatic heterocycles. The summed E-state index contributed by atoms with van der Waals surface area (Å²) in [5.41, 5.74) is 4.77. The first-order valence-electron chi connectivity index (χ1n) is 14.6. The van der Waals surface area contributed by atoms with E-state index in [4.69, 9.17) is 0 Å². The number of aromatic nitrogens is 3. The fourth-order valence-corrected chi connectivity index (χ4v) is 8.27. The van der Waals surface area contributed by atoms with Gasteiger partial charge in [-0.2, -0.15) is 18.3 Å². The smallest absolute Gasteiger partial charge is 0.261 e. The van der Waals surface area contributed by atoms with Crippen LogP contribution in [0.3, 0.4) is 0 Å². The van der Waals surface area contributed by atoms with Crippen molar-refractivity contribution in [1.29, 1.82) is 0 Å². The van der Waals surface area contributed by atoms with E-state index in [0.29, 0.717) is 18.5 Å². The normalized spacial score (nSPS) is 18.5. The Balaban J connectivity index is 1.28. The van der Waals surface area contributed by atoms with Gasteiger partial charge in [0.25, 0.3) is 0 Å². The summed E-state index contributed by atoms with van der Waals surface area (Å²) in [6.45, 7) is 2.37. The van der Waals surface area contributed by atoms with Crippen molar-refractivity contribution >= 4 is 10.0 Å². The van der Waals surface area contributed by atoms with Gasteiger partial charge in [0.1, 0.15) is 5.82 Å². The SMILES string of the molecule is C[C@@H]1C2=C(CC[C@@H]2CN(CCc2ccccn2)S(=O)(=O)Cc2ccccc2C(F)(F)F)Cc2c1cnn2-c1ccc(F)cc1. The minimum atomic E-state index is -4.66. The van der Waals surface area contributed by atoms with E-state index in [1.54, 1.807) is 24.4 Å². The second kappa shape index (κ2) is 11.9. The molecular formula is C33H32F4N4O2S. The summed E-state index contributed by atoms with van der Waals surface area (Å²) < 4.78 is 85.8. The van der Waals surface area contributed by atoms with E-state index in [1.807, 2.05) is 23.0 Å². The summed E-state index contributed by atoms with van der Waals surface area (Å²) in [6.07, 6.45) is 1.33. The third-order valence-electron chi connectivity index (χ3n) is 8.75. The quantitative estimate of drug-likeness (QED) is 0.151. The largest absolute Gasteiger partial charge is 0.416 e. The maximum absolute atomic E-state index is 13.9. The minimum Gasteiger partial charge on any atom is -0.261 e. The number of alkyl halides is 3. The van der Waals surface area contributed by atoms with Crippen LogP contribution >= 0.6 is 0 Å². The molecule has 2 heterocycles. The first-order chi connectivity index (χ1) is 21.0. The fourth-order valence-electron chi connectivity index (χ4n) is 6.66. The van der Waals surface area contributed by atoms with Crippen LogP contribution in [0, 0.1) is 11.7 Å². The number of hydrogen-bond donors (Lipinski definition) is 0. The molecule has 0 radical (unpaired) electrons. The summed E-state index contributed by atoms with van der Waals surface area (Å²) in [7, 11) is -4.13. The molecule has 44 heavy (non-hydrogen) atoms. The van der Waals surface area contributed by atoms with Gasteiger partial charge in [0.15, 0.2) is 0 Å². The molecule has 0 N–H and O–H groups in total. The molecule has 2 aliphatic rings. The van der Waals surface area contributed by atoms with Crippen LogP contribution in [-0.2, 0) is 34.8 Å². The average Bonchev–Trinajstić information content (AvgIpc) is 3.60. The number of allylic oxidation sites excluding steroid dienone is 1. The monoisotopic (exact) mass is 624 g/mol. The highest BCUT2D eigenvalue weighted by atomic mass is 32.2. The Morgan fingerprint density at radius 2 is 1.77 bits per heavy atom. The number of hydrogen-bond acceptors (Lipinski definition) is 4. The first-order valence-corrected chi connectivity index (χ1v) is 16.2. The zero-order valence-electron chi connectivity index (χ0n) is 24.1. The van der Waals surface area contributed by atoms with Crippen LogP contribution in [0.2, 0.25) is 0 Å². The van der Waals surface area contributed by atoms with E-state index in [-0.39, 0.29) is 36.3 Å². The molecule has 230 valence electrons. The Hall–Kier alpha value is -3.83. The van der Waals surface area contributed by atoms with Gasteiger partial charge in [-0.1, -0.05) is 42.3 Å². The number of sulfonamides is 1. The van der Waals surface area contributed by atoms with E-state index in [0.717, 1.165) is 35.9 Å². The molecule has 2 atom stereocenters. The molecule has 0 spiro atoms. The maximum atomic E-state index is 13.9. The van der Waals surface area contributed by atoms with E-state index < -0.39 is 27.5 Å². The second-order valence-electron chi connectivity index (χ2n) is 11.5. The molecule has 6 rings (SSSR count). The van der Waals surface area contributed by atoms with Crippen LogP contribution in [0.4, 0.5) is 17.6 Å². The van der Waals surface area contributed by atoms with E-state index in [1.165, 1.54) is 45.8 Å². The molecule has 2 aromatic carbocycles. The topological polar surface area (TPSA) is 68.1 Å². The van der Waals surface area contributed by atoms with Crippen molar-refractivity contribution in [2.24, 2.45) is 5.92 Å². The highest BCUT2D eigenvalue weighted by molar-refractivity contribution is 7.88. The van der Waals surface area contributed by atoms with Gasteiger partial charge in [-0.25, -0.2) is 21.8 Å². The molecule has 2 aliphatic carbocycles. The first kappa shape index (κ1) is 30.2. The van der Waals surface area contributed by atoms with Crippen LogP contribution < -0.4 is 0 Å². The van der Waals surface area contributed by atoms with Crippen molar-refractivity contribution in [2.75, 3.05) is 13.1 Å². The Kier molecular flexibility index (Phi) is 8.19. The molecule has 0 bridgehead atoms. The third-order valence-corrected chi connectivity index (χ3v) is 10.5. The van der Waals surface area contributed by atoms with Crippen molar-refractivity contribution in [1.82, 2.24) is 19.1 Å². The Morgan fingerprint density at radius 1 is 1.02 bits per heavy atom. The lowest BCUT2D eigenvalue weighted by Crippen LogP contribution is -2.38. The van der Waals surface area contributed by atoms with Gasteiger partial charge in [0.2, 0.25) is 10.0 Å². The van der Waals surface area contributed by atoms with Crippen molar-refractivity contribution in [2.45, 2.75) is 50.5 Å². The highest BCUT2D eigenvalue weighted by Gasteiger charge is 2.39. The maximum Gasteiger partial charge on any atom is 0.416 e. The van der Waals surface area contributed by atoms with Crippen molar-refractivity contribution in [3.63, 3.8) is 0 Å². The molecule has 0 unspecified atom stereocenters. The van der Waals surface area contributed by atoms with Gasteiger partial charge in [-0.15, -0.1) is 0 Å². The number of pyridine rings is 1. The molecule has 0 amide bonds. The molecule has 0 fully saturated rings. The molecular weight excluding hydrogens is 592 g/mol. The summed E-state index contributed by atoms with van der Waals surface area (Å²) >= 11 is 0. The molecule has 0 saturated carbocycles. The third kappa shape index (κ3) is 6.08. The molecule has 11 heteroatoms. The van der Waals surface area contributed by atoms with Crippen LogP contribution in [0.25, 0.3) is 5.69 Å². The van der Waals surface area contributed by atoms with Gasteiger partial charge in [0, 0.05) is 49.3 Å². The Bertz CT molecular complexity index is 1780. The van der Waals surface area contributed by atoms with Crippen molar-refractivity contribution in [3.8, 4) is 5.69 Å². The number of fused-ring (bicyclic) bond motifs is 1. The number of rotatable bonds is 9. The summed E-state index contributed by atoms with van der Waals surface area (Å²) in [6, 6.07) is 16.4. The Morgan fingerprint density at radius 3 is 2.50 bits per heavy atom. The zero-order valence-corrected chi connectivity index (χ0v) is 25.0. The van der Waals surface area contributed by atoms with Crippen LogP contribution in [0.15, 0.2) is 90.3 Å². The van der Waals surface area contributed by atoms with Gasteiger partial charge in [0.05, 0.1) is 28.9 Å². The van der Waals surface area contributed by atoms with Gasteiger partial charge in [-0.3, -0.25) is 4.98 Å². The predicted octanol–water partition coefficient (Wildman–Crippen LogP) is 6.87. The van der Waals surface area contributed by atoms with Crippen LogP contribution in [0.1, 0.15) is 53.8 Å². The van der Waals surface area contributed by atoms with Crippen molar-refractivity contribution < 1.29 is 26.0 Å². The van der Waals surface area contributed by atoms with Gasteiger partial charge < -0.3 is 0 Å². The lowest BCUT2D eigenvalue weighted by Gasteiger charge is -2.31. The van der Waals surface area contributed by atoms with Crippen LogP contribution in [0.5, 0.6) is 0 Å². The number of halogens is 4. The molecule has 0 saturated heterocycles. The fraction of sp³-hybridized carbons (Fsp3) is 0.333. The predicted molar refractivity (Wildman–Crippen MR) is 159 cm³/mol. The number of benzene rings is 2. The highest BCUT2D eigenvalue weighted by Crippen LogP contribution is 2.47. The summed E-state index contributed by atoms with van der Waals surface area (Å²) in [4.78, 5) is 4.32. The second-order valence-corrected chi connectivity index (χ2v) is 13.4. The summed E-state index contributed by atoms with van der Waals surface area (Å²) in [5, 5.41) is 4.60. The van der Waals surface area contributed by atoms with E-state index in [2.05, 4.69) is 17.0 Å².